The summed E-state index contributed by atoms with van der Waals surface area (Å²) in [6, 6.07) is 0. The molecule has 0 amide bonds. The molecule has 108 valence electrons. The van der Waals surface area contributed by atoms with E-state index in [0.717, 1.165) is 6.42 Å². The van der Waals surface area contributed by atoms with Gasteiger partial charge in [0.25, 0.3) is 0 Å². The van der Waals surface area contributed by atoms with Crippen LogP contribution in [0.4, 0.5) is 0 Å². The molecule has 18 heavy (non-hydrogen) atoms. The maximum Gasteiger partial charge on any atom is 0.00859 e. The Morgan fingerprint density at radius 2 is 1.28 bits per heavy atom. The maximum absolute atomic E-state index is 4.96. The summed E-state index contributed by atoms with van der Waals surface area (Å²) in [7, 11) is 0. The second-order valence-electron chi connectivity index (χ2n) is 4.45. The van der Waals surface area contributed by atoms with Crippen molar-refractivity contribution >= 4 is 0 Å². The number of terminal acetylenes is 1. The molecular weight excluding hydrogens is 216 g/mol. The van der Waals surface area contributed by atoms with E-state index in [1.807, 2.05) is 6.08 Å². The summed E-state index contributed by atoms with van der Waals surface area (Å²) in [5.41, 5.74) is 0. The fourth-order valence-electron chi connectivity index (χ4n) is 1.13. The average Bonchev–Trinajstić information content (AvgIpc) is 2.42. The molecule has 0 nitrogen and oxygen atoms in total. The molecule has 0 fully saturated rings. The van der Waals surface area contributed by atoms with Crippen molar-refractivity contribution in [2.75, 3.05) is 0 Å². The van der Waals surface area contributed by atoms with Gasteiger partial charge in [-0.1, -0.05) is 78.7 Å². The number of allylic oxidation sites excluding steroid dienone is 1. The van der Waals surface area contributed by atoms with Gasteiger partial charge in [0.1, 0.15) is 0 Å². The summed E-state index contributed by atoms with van der Waals surface area (Å²) < 4.78 is 0. The minimum atomic E-state index is 0.941. The lowest BCUT2D eigenvalue weighted by Crippen LogP contribution is -1.66. The van der Waals surface area contributed by atoms with Crippen LogP contribution in [-0.4, -0.2) is 0 Å². The summed E-state index contributed by atoms with van der Waals surface area (Å²) in [5, 5.41) is 0. The van der Waals surface area contributed by atoms with E-state index in [4.69, 9.17) is 6.42 Å². The highest BCUT2D eigenvalue weighted by Crippen LogP contribution is 1.95. The Hall–Kier alpha value is -0.700. The second-order valence-corrected chi connectivity index (χ2v) is 4.45. The molecule has 0 saturated carbocycles. The molecule has 0 aromatic heterocycles. The first-order valence-electron chi connectivity index (χ1n) is 7.79. The molecule has 0 atom stereocenters. The van der Waals surface area contributed by atoms with Gasteiger partial charge in [0.05, 0.1) is 0 Å². The monoisotopic (exact) mass is 252 g/mol. The first-order valence-corrected chi connectivity index (χ1v) is 7.79. The molecule has 0 aliphatic carbocycles. The molecule has 0 heterocycles. The predicted molar refractivity (Wildman–Crippen MR) is 87.9 cm³/mol. The molecule has 0 saturated heterocycles. The van der Waals surface area contributed by atoms with E-state index in [1.165, 1.54) is 57.8 Å². The van der Waals surface area contributed by atoms with Crippen molar-refractivity contribution in [1.29, 1.82) is 0 Å². The van der Waals surface area contributed by atoms with Crippen molar-refractivity contribution in [3.8, 4) is 12.3 Å². The zero-order valence-electron chi connectivity index (χ0n) is 13.4. The maximum atomic E-state index is 4.96. The van der Waals surface area contributed by atoms with E-state index < -0.39 is 0 Å². The summed E-state index contributed by atoms with van der Waals surface area (Å²) in [4.78, 5) is 0. The van der Waals surface area contributed by atoms with Crippen LogP contribution in [0, 0.1) is 12.3 Å². The summed E-state index contributed by atoms with van der Waals surface area (Å²) in [5.74, 6) is 2.57. The highest BCUT2D eigenvalue weighted by Gasteiger charge is 1.75. The predicted octanol–water partition coefficient (Wildman–Crippen LogP) is 6.76. The van der Waals surface area contributed by atoms with Crippen molar-refractivity contribution in [2.24, 2.45) is 0 Å². The van der Waals surface area contributed by atoms with Gasteiger partial charge in [0.2, 0.25) is 0 Å². The Bertz CT molecular complexity index is 146. The van der Waals surface area contributed by atoms with Crippen molar-refractivity contribution in [3.63, 3.8) is 0 Å². The Morgan fingerprint density at radius 1 is 0.833 bits per heavy atom. The third-order valence-electron chi connectivity index (χ3n) is 2.39. The van der Waals surface area contributed by atoms with Crippen LogP contribution in [0.2, 0.25) is 0 Å². The third kappa shape index (κ3) is 45.4. The molecule has 0 unspecified atom stereocenters. The van der Waals surface area contributed by atoms with Crippen LogP contribution >= 0.6 is 0 Å². The third-order valence-corrected chi connectivity index (χ3v) is 2.39. The van der Waals surface area contributed by atoms with Gasteiger partial charge in [-0.15, -0.1) is 18.9 Å². The molecule has 0 heteroatoms. The summed E-state index contributed by atoms with van der Waals surface area (Å²) in [6.07, 6.45) is 19.5. The number of unbranched alkanes of at least 4 members (excludes halogenated alkanes) is 7. The molecule has 0 N–H and O–H groups in total. The van der Waals surface area contributed by atoms with Crippen LogP contribution in [0.15, 0.2) is 12.7 Å². The number of rotatable bonds is 8. The van der Waals surface area contributed by atoms with Crippen LogP contribution < -0.4 is 0 Å². The van der Waals surface area contributed by atoms with Gasteiger partial charge in [-0.3, -0.25) is 0 Å². The van der Waals surface area contributed by atoms with Gasteiger partial charge >= 0.3 is 0 Å². The van der Waals surface area contributed by atoms with Crippen molar-refractivity contribution in [2.45, 2.75) is 91.9 Å². The lowest BCUT2D eigenvalue weighted by atomic mass is 10.2. The van der Waals surface area contributed by atoms with Crippen molar-refractivity contribution in [1.82, 2.24) is 0 Å². The van der Waals surface area contributed by atoms with E-state index >= 15 is 0 Å². The normalized spacial score (nSPS) is 8.17. The molecule has 0 aromatic rings. The van der Waals surface area contributed by atoms with Crippen LogP contribution in [0.1, 0.15) is 91.9 Å². The van der Waals surface area contributed by atoms with Gasteiger partial charge in [0, 0.05) is 6.42 Å². The average molecular weight is 252 g/mol. The van der Waals surface area contributed by atoms with E-state index in [0.29, 0.717) is 0 Å². The lowest BCUT2D eigenvalue weighted by Gasteiger charge is -1.86. The Balaban J connectivity index is -0.000000187. The van der Waals surface area contributed by atoms with E-state index in [1.54, 1.807) is 0 Å². The molecule has 0 aliphatic rings. The fraction of sp³-hybridized carbons (Fsp3) is 0.778. The second kappa shape index (κ2) is 29.9. The van der Waals surface area contributed by atoms with E-state index in [2.05, 4.69) is 40.2 Å². The smallest absolute Gasteiger partial charge is 0.00859 e. The molecule has 0 spiro atoms. The van der Waals surface area contributed by atoms with E-state index in [-0.39, 0.29) is 0 Å². The first-order chi connectivity index (χ1) is 8.74. The van der Waals surface area contributed by atoms with Gasteiger partial charge in [0.15, 0.2) is 0 Å². The number of hydrogen-bond donors (Lipinski definition) is 0. The minimum Gasteiger partial charge on any atom is -0.120 e. The van der Waals surface area contributed by atoms with Gasteiger partial charge < -0.3 is 0 Å². The summed E-state index contributed by atoms with van der Waals surface area (Å²) >= 11 is 0. The van der Waals surface area contributed by atoms with Crippen molar-refractivity contribution < 1.29 is 0 Å². The van der Waals surface area contributed by atoms with Gasteiger partial charge in [-0.05, 0) is 12.8 Å². The first kappa shape index (κ1) is 22.5. The van der Waals surface area contributed by atoms with Crippen molar-refractivity contribution in [3.05, 3.63) is 12.7 Å². The van der Waals surface area contributed by atoms with Gasteiger partial charge in [-0.2, -0.15) is 0 Å². The Kier molecular flexibility index (Phi) is 37.3. The topological polar surface area (TPSA) is 0 Å². The quantitative estimate of drug-likeness (QED) is 0.254. The van der Waals surface area contributed by atoms with Gasteiger partial charge in [-0.25, -0.2) is 0 Å². The molecule has 0 aromatic carbocycles. The highest BCUT2D eigenvalue weighted by molar-refractivity contribution is 4.82. The Morgan fingerprint density at radius 3 is 1.44 bits per heavy atom. The zero-order valence-corrected chi connectivity index (χ0v) is 13.4. The summed E-state index contributed by atoms with van der Waals surface area (Å²) in [6.45, 7) is 12.4. The Labute approximate surface area is 117 Å². The molecule has 0 bridgehead atoms. The zero-order chi connectivity index (χ0) is 14.5. The van der Waals surface area contributed by atoms with Crippen LogP contribution in [0.3, 0.4) is 0 Å². The molecule has 0 aliphatic heterocycles. The largest absolute Gasteiger partial charge is 0.120 e. The molecule has 0 radical (unpaired) electrons. The number of hydrogen-bond acceptors (Lipinski definition) is 0. The fourth-order valence-corrected chi connectivity index (χ4v) is 1.13. The highest BCUT2D eigenvalue weighted by atomic mass is 13.8. The minimum absolute atomic E-state index is 0.941. The standard InChI is InChI=1S/C6H14.C6H12.C6H10/c3*1-3-5-6-4-2/h3-6H2,1-2H3;3H,1,4-6H2,2H3;1H,4-6H2,2H3. The SMILES string of the molecule is C#CCCCC.C=CCCCC.CCCCCC. The molecule has 0 rings (SSSR count). The van der Waals surface area contributed by atoms with E-state index in [9.17, 15) is 0 Å². The lowest BCUT2D eigenvalue weighted by molar-refractivity contribution is 0.702. The molecular formula is C18H36. The van der Waals surface area contributed by atoms with Crippen LogP contribution in [-0.2, 0) is 0 Å². The van der Waals surface area contributed by atoms with Crippen LogP contribution in [0.5, 0.6) is 0 Å². The van der Waals surface area contributed by atoms with Crippen LogP contribution in [0.25, 0.3) is 0 Å².